The molecule has 3 rings (SSSR count). The Morgan fingerprint density at radius 2 is 2.28 bits per heavy atom. The second-order valence-corrected chi connectivity index (χ2v) is 5.39. The predicted molar refractivity (Wildman–Crippen MR) is 69.3 cm³/mol. The van der Waals surface area contributed by atoms with Gasteiger partial charge in [-0.05, 0) is 18.1 Å². The average Bonchev–Trinajstić information content (AvgIpc) is 2.74. The van der Waals surface area contributed by atoms with Crippen LogP contribution < -0.4 is 0 Å². The molecule has 2 aliphatic rings. The molecular formula is C13H16ClN3O. The van der Waals surface area contributed by atoms with Crippen LogP contribution in [0.2, 0.25) is 5.15 Å². The van der Waals surface area contributed by atoms with E-state index in [2.05, 4.69) is 9.88 Å². The first-order valence-corrected chi connectivity index (χ1v) is 6.72. The molecule has 2 aliphatic heterocycles. The van der Waals surface area contributed by atoms with Gasteiger partial charge in [0.25, 0.3) is 0 Å². The highest BCUT2D eigenvalue weighted by molar-refractivity contribution is 6.29. The number of hydrogen-bond donors (Lipinski definition) is 0. The van der Waals surface area contributed by atoms with Gasteiger partial charge in [0.1, 0.15) is 5.15 Å². The van der Waals surface area contributed by atoms with Gasteiger partial charge in [-0.1, -0.05) is 17.7 Å². The van der Waals surface area contributed by atoms with Crippen molar-refractivity contribution in [1.82, 2.24) is 14.8 Å². The van der Waals surface area contributed by atoms with Gasteiger partial charge in [0, 0.05) is 44.8 Å². The Labute approximate surface area is 112 Å². The number of rotatable bonds is 2. The van der Waals surface area contributed by atoms with Crippen molar-refractivity contribution in [2.75, 3.05) is 19.6 Å². The van der Waals surface area contributed by atoms with Crippen molar-refractivity contribution < 1.29 is 4.79 Å². The monoisotopic (exact) mass is 265 g/mol. The molecule has 0 aliphatic carbocycles. The third-order valence-electron chi connectivity index (χ3n) is 3.77. The molecule has 1 amide bonds. The van der Waals surface area contributed by atoms with Crippen molar-refractivity contribution in [2.24, 2.45) is 0 Å². The van der Waals surface area contributed by atoms with E-state index < -0.39 is 0 Å². The van der Waals surface area contributed by atoms with E-state index in [1.807, 2.05) is 23.2 Å². The summed E-state index contributed by atoms with van der Waals surface area (Å²) in [7, 11) is 0. The van der Waals surface area contributed by atoms with E-state index in [0.717, 1.165) is 39.0 Å². The smallest absolute Gasteiger partial charge is 0.222 e. The second-order valence-electron chi connectivity index (χ2n) is 5.00. The lowest BCUT2D eigenvalue weighted by Gasteiger charge is -2.37. The number of piperazine rings is 1. The predicted octanol–water partition coefficient (Wildman–Crippen LogP) is 1.54. The first-order chi connectivity index (χ1) is 8.72. The molecule has 0 spiro atoms. The summed E-state index contributed by atoms with van der Waals surface area (Å²) in [6, 6.07) is 4.26. The molecule has 4 nitrogen and oxygen atoms in total. The molecule has 0 aromatic carbocycles. The van der Waals surface area contributed by atoms with Gasteiger partial charge in [-0.2, -0.15) is 0 Å². The van der Waals surface area contributed by atoms with E-state index in [1.165, 1.54) is 5.56 Å². The Bertz CT molecular complexity index is 448. The van der Waals surface area contributed by atoms with E-state index >= 15 is 0 Å². The number of aromatic nitrogens is 1. The van der Waals surface area contributed by atoms with Crippen molar-refractivity contribution in [2.45, 2.75) is 25.4 Å². The summed E-state index contributed by atoms with van der Waals surface area (Å²) in [6.07, 6.45) is 3.56. The number of halogens is 1. The van der Waals surface area contributed by atoms with Crippen LogP contribution in [0.25, 0.3) is 0 Å². The van der Waals surface area contributed by atoms with E-state index in [1.54, 1.807) is 0 Å². The SMILES string of the molecule is O=C1CCC2CN(Cc3ccc(Cl)nc3)CCN12. The molecule has 96 valence electrons. The van der Waals surface area contributed by atoms with E-state index in [-0.39, 0.29) is 0 Å². The zero-order chi connectivity index (χ0) is 12.5. The van der Waals surface area contributed by atoms with Crippen molar-refractivity contribution in [3.05, 3.63) is 29.0 Å². The number of amides is 1. The highest BCUT2D eigenvalue weighted by Crippen LogP contribution is 2.23. The molecule has 2 saturated heterocycles. The Morgan fingerprint density at radius 1 is 1.39 bits per heavy atom. The molecule has 5 heteroatoms. The molecule has 0 saturated carbocycles. The largest absolute Gasteiger partial charge is 0.337 e. The van der Waals surface area contributed by atoms with Crippen LogP contribution in [0, 0.1) is 0 Å². The maximum Gasteiger partial charge on any atom is 0.222 e. The molecule has 1 aromatic heterocycles. The molecular weight excluding hydrogens is 250 g/mol. The third-order valence-corrected chi connectivity index (χ3v) is 4.00. The normalized spacial score (nSPS) is 24.4. The fourth-order valence-electron chi connectivity index (χ4n) is 2.83. The van der Waals surface area contributed by atoms with Crippen LogP contribution in [0.15, 0.2) is 18.3 Å². The van der Waals surface area contributed by atoms with Crippen LogP contribution >= 0.6 is 11.6 Å². The molecule has 1 aromatic rings. The van der Waals surface area contributed by atoms with Gasteiger partial charge in [-0.15, -0.1) is 0 Å². The maximum atomic E-state index is 11.6. The van der Waals surface area contributed by atoms with Gasteiger partial charge in [-0.3, -0.25) is 9.69 Å². The molecule has 2 fully saturated rings. The number of fused-ring (bicyclic) bond motifs is 1. The number of pyridine rings is 1. The minimum absolute atomic E-state index is 0.327. The summed E-state index contributed by atoms with van der Waals surface area (Å²) < 4.78 is 0. The number of carbonyl (C=O) groups excluding carboxylic acids is 1. The lowest BCUT2D eigenvalue weighted by Crippen LogP contribution is -2.50. The summed E-state index contributed by atoms with van der Waals surface area (Å²) in [4.78, 5) is 20.1. The van der Waals surface area contributed by atoms with E-state index in [0.29, 0.717) is 17.1 Å². The second kappa shape index (κ2) is 4.86. The van der Waals surface area contributed by atoms with Crippen LogP contribution in [0.1, 0.15) is 18.4 Å². The topological polar surface area (TPSA) is 36.4 Å². The molecule has 0 radical (unpaired) electrons. The minimum atomic E-state index is 0.327. The fourth-order valence-corrected chi connectivity index (χ4v) is 2.94. The van der Waals surface area contributed by atoms with Gasteiger partial charge in [-0.25, -0.2) is 4.98 Å². The van der Waals surface area contributed by atoms with E-state index in [9.17, 15) is 4.79 Å². The van der Waals surface area contributed by atoms with Gasteiger partial charge < -0.3 is 4.90 Å². The first kappa shape index (κ1) is 11.9. The third kappa shape index (κ3) is 2.35. The van der Waals surface area contributed by atoms with Gasteiger partial charge in [0.2, 0.25) is 5.91 Å². The minimum Gasteiger partial charge on any atom is -0.337 e. The van der Waals surface area contributed by atoms with Crippen molar-refractivity contribution >= 4 is 17.5 Å². The highest BCUT2D eigenvalue weighted by atomic mass is 35.5. The van der Waals surface area contributed by atoms with Gasteiger partial charge in [0.15, 0.2) is 0 Å². The molecule has 3 heterocycles. The summed E-state index contributed by atoms with van der Waals surface area (Å²) in [5, 5.41) is 0.532. The first-order valence-electron chi connectivity index (χ1n) is 6.34. The van der Waals surface area contributed by atoms with E-state index in [4.69, 9.17) is 11.6 Å². The Balaban J connectivity index is 1.62. The van der Waals surface area contributed by atoms with Crippen LogP contribution in [0.3, 0.4) is 0 Å². The van der Waals surface area contributed by atoms with Crippen LogP contribution in [0.4, 0.5) is 0 Å². The number of hydrogen-bond acceptors (Lipinski definition) is 3. The van der Waals surface area contributed by atoms with Crippen molar-refractivity contribution in [3.63, 3.8) is 0 Å². The van der Waals surface area contributed by atoms with Crippen LogP contribution in [0.5, 0.6) is 0 Å². The fraction of sp³-hybridized carbons (Fsp3) is 0.538. The zero-order valence-corrected chi connectivity index (χ0v) is 10.9. The molecule has 0 N–H and O–H groups in total. The molecule has 1 unspecified atom stereocenters. The van der Waals surface area contributed by atoms with Crippen LogP contribution in [-0.4, -0.2) is 46.4 Å². The summed E-state index contributed by atoms with van der Waals surface area (Å²) in [5.74, 6) is 0.327. The average molecular weight is 266 g/mol. The maximum absolute atomic E-state index is 11.6. The summed E-state index contributed by atoms with van der Waals surface area (Å²) in [6.45, 7) is 3.69. The van der Waals surface area contributed by atoms with Gasteiger partial charge >= 0.3 is 0 Å². The van der Waals surface area contributed by atoms with Crippen LogP contribution in [-0.2, 0) is 11.3 Å². The molecule has 1 atom stereocenters. The lowest BCUT2D eigenvalue weighted by atomic mass is 10.1. The quantitative estimate of drug-likeness (QED) is 0.761. The highest BCUT2D eigenvalue weighted by Gasteiger charge is 2.35. The van der Waals surface area contributed by atoms with Gasteiger partial charge in [0.05, 0.1) is 0 Å². The summed E-state index contributed by atoms with van der Waals surface area (Å²) >= 11 is 5.77. The number of carbonyl (C=O) groups is 1. The zero-order valence-electron chi connectivity index (χ0n) is 10.2. The van der Waals surface area contributed by atoms with Crippen molar-refractivity contribution in [1.29, 1.82) is 0 Å². The molecule has 18 heavy (non-hydrogen) atoms. The Morgan fingerprint density at radius 3 is 3.06 bits per heavy atom. The Hall–Kier alpha value is -1.13. The Kier molecular flexibility index (Phi) is 3.22. The standard InChI is InChI=1S/C13H16ClN3O/c14-12-3-1-10(7-15-12)8-16-5-6-17-11(9-16)2-4-13(17)18/h1,3,7,11H,2,4-6,8-9H2. The molecule has 0 bridgehead atoms. The summed E-state index contributed by atoms with van der Waals surface area (Å²) in [5.41, 5.74) is 1.18. The van der Waals surface area contributed by atoms with Crippen molar-refractivity contribution in [3.8, 4) is 0 Å². The number of nitrogens with zero attached hydrogens (tertiary/aromatic N) is 3. The lowest BCUT2D eigenvalue weighted by molar-refractivity contribution is -0.130.